The van der Waals surface area contributed by atoms with Crippen molar-refractivity contribution in [2.75, 3.05) is 13.2 Å². The Hall–Kier alpha value is -1.03. The summed E-state index contributed by atoms with van der Waals surface area (Å²) in [6.07, 6.45) is 3.79. The number of carbonyl (C=O) groups is 1. The molecule has 0 bridgehead atoms. The number of benzene rings is 1. The van der Waals surface area contributed by atoms with Gasteiger partial charge in [-0.25, -0.2) is 0 Å². The fourth-order valence-corrected chi connectivity index (χ4v) is 1.95. The van der Waals surface area contributed by atoms with E-state index in [0.29, 0.717) is 11.7 Å². The molecule has 17 heavy (non-hydrogen) atoms. The van der Waals surface area contributed by atoms with Gasteiger partial charge in [0.05, 0.1) is 0 Å². The summed E-state index contributed by atoms with van der Waals surface area (Å²) in [4.78, 5) is 11.5. The average Bonchev–Trinajstić information content (AvgIpc) is 2.26. The molecule has 0 heterocycles. The second kappa shape index (κ2) is 6.05. The molecule has 0 radical (unpaired) electrons. The van der Waals surface area contributed by atoms with E-state index in [9.17, 15) is 4.79 Å². The molecule has 0 unspecified atom stereocenters. The number of nitrogens with one attached hydrogen (secondary N) is 1. The molecule has 0 aliphatic heterocycles. The normalized spacial score (nSPS) is 15.1. The van der Waals surface area contributed by atoms with Gasteiger partial charge < -0.3 is 10.1 Å². The summed E-state index contributed by atoms with van der Waals surface area (Å²) < 4.78 is 6.37. The van der Waals surface area contributed by atoms with Crippen LogP contribution in [0.2, 0.25) is 0 Å². The quantitative estimate of drug-likeness (QED) is 0.907. The lowest BCUT2D eigenvalue weighted by Gasteiger charge is -2.25. The van der Waals surface area contributed by atoms with Crippen LogP contribution in [0.25, 0.3) is 0 Å². The van der Waals surface area contributed by atoms with Crippen LogP contribution in [-0.4, -0.2) is 19.1 Å². The van der Waals surface area contributed by atoms with E-state index in [4.69, 9.17) is 4.74 Å². The van der Waals surface area contributed by atoms with E-state index in [1.807, 2.05) is 24.3 Å². The Morgan fingerprint density at radius 2 is 2.06 bits per heavy atom. The minimum absolute atomic E-state index is 0.0418. The molecule has 4 heteroatoms. The van der Waals surface area contributed by atoms with Crippen molar-refractivity contribution in [2.24, 2.45) is 5.92 Å². The van der Waals surface area contributed by atoms with Crippen molar-refractivity contribution in [1.29, 1.82) is 0 Å². The fraction of sp³-hybridized carbons (Fsp3) is 0.462. The van der Waals surface area contributed by atoms with Gasteiger partial charge in [0.1, 0.15) is 5.75 Å². The van der Waals surface area contributed by atoms with Crippen molar-refractivity contribution in [2.45, 2.75) is 19.3 Å². The molecule has 3 nitrogen and oxygen atoms in total. The van der Waals surface area contributed by atoms with Crippen LogP contribution in [0, 0.1) is 5.92 Å². The van der Waals surface area contributed by atoms with E-state index in [1.165, 1.54) is 19.3 Å². The molecule has 1 amide bonds. The first-order valence-electron chi connectivity index (χ1n) is 5.89. The van der Waals surface area contributed by atoms with E-state index < -0.39 is 0 Å². The molecule has 1 aliphatic carbocycles. The first-order valence-corrected chi connectivity index (χ1v) is 6.68. The highest BCUT2D eigenvalue weighted by atomic mass is 79.9. The molecule has 1 N–H and O–H groups in total. The standard InChI is InChI=1S/C13H16BrNO2/c14-11-4-6-12(7-5-11)17-9-13(16)15-8-10-2-1-3-10/h4-7,10H,1-3,8-9H2,(H,15,16). The van der Waals surface area contributed by atoms with Crippen LogP contribution >= 0.6 is 15.9 Å². The van der Waals surface area contributed by atoms with Crippen LogP contribution in [0.3, 0.4) is 0 Å². The summed E-state index contributed by atoms with van der Waals surface area (Å²) >= 11 is 3.35. The van der Waals surface area contributed by atoms with Crippen LogP contribution in [0.5, 0.6) is 5.75 Å². The number of halogens is 1. The van der Waals surface area contributed by atoms with Crippen molar-refractivity contribution in [3.05, 3.63) is 28.7 Å². The van der Waals surface area contributed by atoms with Crippen molar-refractivity contribution >= 4 is 21.8 Å². The molecule has 92 valence electrons. The predicted molar refractivity (Wildman–Crippen MR) is 70.0 cm³/mol. The van der Waals surface area contributed by atoms with Gasteiger partial charge in [0.15, 0.2) is 6.61 Å². The zero-order chi connectivity index (χ0) is 12.1. The summed E-state index contributed by atoms with van der Waals surface area (Å²) in [6.45, 7) is 0.886. The summed E-state index contributed by atoms with van der Waals surface area (Å²) in [5, 5.41) is 2.89. The van der Waals surface area contributed by atoms with Crippen molar-refractivity contribution in [3.8, 4) is 5.75 Å². The summed E-state index contributed by atoms with van der Waals surface area (Å²) in [5.41, 5.74) is 0. The SMILES string of the molecule is O=C(COc1ccc(Br)cc1)NCC1CCC1. The third kappa shape index (κ3) is 4.04. The molecule has 1 aliphatic rings. The Morgan fingerprint density at radius 3 is 2.65 bits per heavy atom. The molecule has 1 aromatic carbocycles. The third-order valence-corrected chi connectivity index (χ3v) is 3.52. The topological polar surface area (TPSA) is 38.3 Å². The van der Waals surface area contributed by atoms with Crippen LogP contribution in [0.15, 0.2) is 28.7 Å². The molecule has 1 aromatic rings. The maximum Gasteiger partial charge on any atom is 0.257 e. The van der Waals surface area contributed by atoms with Crippen LogP contribution in [0.1, 0.15) is 19.3 Å². The minimum Gasteiger partial charge on any atom is -0.484 e. The van der Waals surface area contributed by atoms with Gasteiger partial charge in [0.2, 0.25) is 0 Å². The van der Waals surface area contributed by atoms with Crippen molar-refractivity contribution < 1.29 is 9.53 Å². The third-order valence-electron chi connectivity index (χ3n) is 3.00. The molecule has 0 atom stereocenters. The highest BCUT2D eigenvalue weighted by Gasteiger charge is 2.17. The lowest BCUT2D eigenvalue weighted by atomic mass is 9.85. The smallest absolute Gasteiger partial charge is 0.257 e. The van der Waals surface area contributed by atoms with Gasteiger partial charge in [-0.2, -0.15) is 0 Å². The summed E-state index contributed by atoms with van der Waals surface area (Å²) in [6, 6.07) is 7.45. The lowest BCUT2D eigenvalue weighted by molar-refractivity contribution is -0.123. The second-order valence-corrected chi connectivity index (χ2v) is 5.26. The van der Waals surface area contributed by atoms with Gasteiger partial charge in [-0.05, 0) is 43.0 Å². The summed E-state index contributed by atoms with van der Waals surface area (Å²) in [5.74, 6) is 1.36. The Bertz CT molecular complexity index is 374. The first kappa shape index (κ1) is 12.4. The number of hydrogen-bond donors (Lipinski definition) is 1. The van der Waals surface area contributed by atoms with Crippen molar-refractivity contribution in [3.63, 3.8) is 0 Å². The van der Waals surface area contributed by atoms with Gasteiger partial charge >= 0.3 is 0 Å². The van der Waals surface area contributed by atoms with E-state index >= 15 is 0 Å². The van der Waals surface area contributed by atoms with Crippen LogP contribution in [-0.2, 0) is 4.79 Å². The van der Waals surface area contributed by atoms with Crippen LogP contribution < -0.4 is 10.1 Å². The molecular formula is C13H16BrNO2. The molecule has 1 saturated carbocycles. The molecule has 1 fully saturated rings. The monoisotopic (exact) mass is 297 g/mol. The zero-order valence-electron chi connectivity index (χ0n) is 9.62. The number of hydrogen-bond acceptors (Lipinski definition) is 2. The molecule has 0 spiro atoms. The zero-order valence-corrected chi connectivity index (χ0v) is 11.2. The van der Waals surface area contributed by atoms with Gasteiger partial charge in [-0.3, -0.25) is 4.79 Å². The molecule has 0 aromatic heterocycles. The molecule has 0 saturated heterocycles. The van der Waals surface area contributed by atoms with Crippen LogP contribution in [0.4, 0.5) is 0 Å². The lowest BCUT2D eigenvalue weighted by Crippen LogP contribution is -2.35. The summed E-state index contributed by atoms with van der Waals surface area (Å²) in [7, 11) is 0. The molecule has 2 rings (SSSR count). The highest BCUT2D eigenvalue weighted by Crippen LogP contribution is 2.25. The van der Waals surface area contributed by atoms with E-state index in [-0.39, 0.29) is 12.5 Å². The van der Waals surface area contributed by atoms with E-state index in [0.717, 1.165) is 11.0 Å². The second-order valence-electron chi connectivity index (χ2n) is 4.34. The first-order chi connectivity index (χ1) is 8.24. The fourth-order valence-electron chi connectivity index (χ4n) is 1.69. The molecular weight excluding hydrogens is 282 g/mol. The Kier molecular flexibility index (Phi) is 4.42. The largest absolute Gasteiger partial charge is 0.484 e. The van der Waals surface area contributed by atoms with Gasteiger partial charge in [-0.1, -0.05) is 22.4 Å². The maximum absolute atomic E-state index is 11.5. The Labute approximate surface area is 110 Å². The predicted octanol–water partition coefficient (Wildman–Crippen LogP) is 2.74. The van der Waals surface area contributed by atoms with Crippen molar-refractivity contribution in [1.82, 2.24) is 5.32 Å². The highest BCUT2D eigenvalue weighted by molar-refractivity contribution is 9.10. The Balaban J connectivity index is 1.66. The van der Waals surface area contributed by atoms with Gasteiger partial charge in [-0.15, -0.1) is 0 Å². The van der Waals surface area contributed by atoms with Gasteiger partial charge in [0.25, 0.3) is 5.91 Å². The maximum atomic E-state index is 11.5. The van der Waals surface area contributed by atoms with E-state index in [1.54, 1.807) is 0 Å². The minimum atomic E-state index is -0.0418. The number of amides is 1. The average molecular weight is 298 g/mol. The number of rotatable bonds is 5. The van der Waals surface area contributed by atoms with Gasteiger partial charge in [0, 0.05) is 11.0 Å². The Morgan fingerprint density at radius 1 is 1.35 bits per heavy atom. The number of ether oxygens (including phenoxy) is 1. The number of carbonyl (C=O) groups excluding carboxylic acids is 1. The van der Waals surface area contributed by atoms with E-state index in [2.05, 4.69) is 21.2 Å².